The number of hydrogen-bond acceptors (Lipinski definition) is 4. The van der Waals surface area contributed by atoms with Crippen LogP contribution in [0.3, 0.4) is 0 Å². The first-order valence-corrected chi connectivity index (χ1v) is 7.70. The van der Waals surface area contributed by atoms with Gasteiger partial charge in [0.15, 0.2) is 0 Å². The molecular weight excluding hydrogens is 351 g/mol. The molecule has 2 heterocycles. The molecule has 2 aromatic rings. The van der Waals surface area contributed by atoms with Crippen molar-refractivity contribution >= 4 is 27.8 Å². The van der Waals surface area contributed by atoms with E-state index in [0.717, 1.165) is 0 Å². The van der Waals surface area contributed by atoms with Crippen LogP contribution in [0, 0.1) is 5.82 Å². The third-order valence-electron chi connectivity index (χ3n) is 3.51. The number of nitrogens with zero attached hydrogens (tertiary/aromatic N) is 4. The number of piperazine rings is 1. The Bertz CT molecular complexity index is 654. The Labute approximate surface area is 135 Å². The second-order valence-corrected chi connectivity index (χ2v) is 5.90. The molecule has 0 spiro atoms. The summed E-state index contributed by atoms with van der Waals surface area (Å²) in [6.07, 6.45) is 3.40. The lowest BCUT2D eigenvalue weighted by atomic mass is 10.2. The van der Waals surface area contributed by atoms with Crippen LogP contribution in [0.5, 0.6) is 0 Å². The molecule has 1 aromatic carbocycles. The van der Waals surface area contributed by atoms with Crippen molar-refractivity contribution in [3.63, 3.8) is 0 Å². The van der Waals surface area contributed by atoms with E-state index in [2.05, 4.69) is 25.9 Å². The molecule has 1 amide bonds. The van der Waals surface area contributed by atoms with Crippen LogP contribution >= 0.6 is 15.9 Å². The van der Waals surface area contributed by atoms with Crippen molar-refractivity contribution in [3.05, 3.63) is 52.5 Å². The summed E-state index contributed by atoms with van der Waals surface area (Å²) < 4.78 is 14.0. The highest BCUT2D eigenvalue weighted by molar-refractivity contribution is 9.10. The smallest absolute Gasteiger partial charge is 0.254 e. The third-order valence-corrected chi connectivity index (χ3v) is 3.97. The van der Waals surface area contributed by atoms with Gasteiger partial charge in [0.2, 0.25) is 5.95 Å². The van der Waals surface area contributed by atoms with Crippen LogP contribution in [0.1, 0.15) is 10.4 Å². The molecule has 0 aliphatic carbocycles. The first-order chi connectivity index (χ1) is 10.6. The number of rotatable bonds is 2. The van der Waals surface area contributed by atoms with Crippen molar-refractivity contribution in [1.29, 1.82) is 0 Å². The van der Waals surface area contributed by atoms with E-state index in [1.807, 2.05) is 4.90 Å². The van der Waals surface area contributed by atoms with E-state index in [-0.39, 0.29) is 5.91 Å². The highest BCUT2D eigenvalue weighted by Crippen LogP contribution is 2.18. The van der Waals surface area contributed by atoms with Gasteiger partial charge >= 0.3 is 0 Å². The average molecular weight is 365 g/mol. The van der Waals surface area contributed by atoms with Crippen molar-refractivity contribution in [2.75, 3.05) is 31.1 Å². The second-order valence-electron chi connectivity index (χ2n) is 4.99. The Balaban J connectivity index is 1.67. The first-order valence-electron chi connectivity index (χ1n) is 6.91. The highest BCUT2D eigenvalue weighted by atomic mass is 79.9. The van der Waals surface area contributed by atoms with Crippen LogP contribution in [0.2, 0.25) is 0 Å². The molecule has 22 heavy (non-hydrogen) atoms. The van der Waals surface area contributed by atoms with E-state index in [1.165, 1.54) is 12.1 Å². The quantitative estimate of drug-likeness (QED) is 0.820. The molecule has 5 nitrogen and oxygen atoms in total. The Morgan fingerprint density at radius 1 is 1.09 bits per heavy atom. The summed E-state index contributed by atoms with van der Waals surface area (Å²) >= 11 is 3.21. The molecule has 1 aliphatic heterocycles. The molecule has 0 saturated carbocycles. The predicted molar refractivity (Wildman–Crippen MR) is 84.2 cm³/mol. The van der Waals surface area contributed by atoms with Gasteiger partial charge in [-0.25, -0.2) is 14.4 Å². The summed E-state index contributed by atoms with van der Waals surface area (Å²) in [6, 6.07) is 6.00. The Morgan fingerprint density at radius 3 is 2.41 bits per heavy atom. The molecule has 0 N–H and O–H groups in total. The van der Waals surface area contributed by atoms with Gasteiger partial charge in [0.25, 0.3) is 5.91 Å². The fraction of sp³-hybridized carbons (Fsp3) is 0.267. The van der Waals surface area contributed by atoms with Gasteiger partial charge in [-0.2, -0.15) is 0 Å². The number of anilines is 1. The second kappa shape index (κ2) is 6.39. The van der Waals surface area contributed by atoms with Gasteiger partial charge in [-0.1, -0.05) is 15.9 Å². The monoisotopic (exact) mass is 364 g/mol. The lowest BCUT2D eigenvalue weighted by molar-refractivity contribution is 0.0745. The normalized spacial score (nSPS) is 15.0. The van der Waals surface area contributed by atoms with E-state index >= 15 is 0 Å². The fourth-order valence-electron chi connectivity index (χ4n) is 2.42. The summed E-state index contributed by atoms with van der Waals surface area (Å²) in [6.45, 7) is 2.44. The van der Waals surface area contributed by atoms with Crippen LogP contribution < -0.4 is 4.90 Å². The Morgan fingerprint density at radius 2 is 1.77 bits per heavy atom. The maximum absolute atomic E-state index is 13.4. The summed E-state index contributed by atoms with van der Waals surface area (Å²) in [5.41, 5.74) is 0.358. The predicted octanol–water partition coefficient (Wildman–Crippen LogP) is 2.34. The molecule has 7 heteroatoms. The molecule has 0 bridgehead atoms. The van der Waals surface area contributed by atoms with Gasteiger partial charge in [0, 0.05) is 48.6 Å². The molecule has 114 valence electrons. The number of hydrogen-bond donors (Lipinski definition) is 0. The largest absolute Gasteiger partial charge is 0.337 e. The Kier molecular flexibility index (Phi) is 4.33. The van der Waals surface area contributed by atoms with E-state index in [0.29, 0.717) is 42.2 Å². The van der Waals surface area contributed by atoms with E-state index in [1.54, 1.807) is 29.4 Å². The Hall–Kier alpha value is -2.02. The van der Waals surface area contributed by atoms with Crippen LogP contribution in [-0.2, 0) is 0 Å². The molecule has 0 atom stereocenters. The number of carbonyl (C=O) groups is 1. The van der Waals surface area contributed by atoms with Crippen LogP contribution in [0.25, 0.3) is 0 Å². The molecule has 3 rings (SSSR count). The van der Waals surface area contributed by atoms with Gasteiger partial charge in [0.1, 0.15) is 5.82 Å². The fourth-order valence-corrected chi connectivity index (χ4v) is 2.89. The van der Waals surface area contributed by atoms with Crippen LogP contribution in [0.15, 0.2) is 41.1 Å². The van der Waals surface area contributed by atoms with Crippen molar-refractivity contribution in [1.82, 2.24) is 14.9 Å². The molecule has 1 fully saturated rings. The topological polar surface area (TPSA) is 49.3 Å². The summed E-state index contributed by atoms with van der Waals surface area (Å²) in [7, 11) is 0. The SMILES string of the molecule is O=C(c1cc(F)cc(Br)c1)N1CCN(c2ncccn2)CC1. The zero-order valence-electron chi connectivity index (χ0n) is 11.7. The van der Waals surface area contributed by atoms with Gasteiger partial charge in [-0.05, 0) is 24.3 Å². The van der Waals surface area contributed by atoms with Gasteiger partial charge in [-0.3, -0.25) is 4.79 Å². The van der Waals surface area contributed by atoms with Gasteiger partial charge in [0.05, 0.1) is 0 Å². The summed E-state index contributed by atoms with van der Waals surface area (Å²) in [4.78, 5) is 24.6. The minimum absolute atomic E-state index is 0.158. The van der Waals surface area contributed by atoms with Crippen molar-refractivity contribution in [3.8, 4) is 0 Å². The average Bonchev–Trinajstić information content (AvgIpc) is 2.54. The standard InChI is InChI=1S/C15H14BrFN4O/c16-12-8-11(9-13(17)10-12)14(22)20-4-6-21(7-5-20)15-18-2-1-3-19-15/h1-3,8-10H,4-7H2. The lowest BCUT2D eigenvalue weighted by Crippen LogP contribution is -2.49. The molecule has 0 radical (unpaired) electrons. The van der Waals surface area contributed by atoms with E-state index in [9.17, 15) is 9.18 Å². The number of benzene rings is 1. The number of amides is 1. The lowest BCUT2D eigenvalue weighted by Gasteiger charge is -2.34. The minimum atomic E-state index is -0.422. The summed E-state index contributed by atoms with van der Waals surface area (Å²) in [5, 5.41) is 0. The van der Waals surface area contributed by atoms with Crippen LogP contribution in [-0.4, -0.2) is 47.0 Å². The highest BCUT2D eigenvalue weighted by Gasteiger charge is 2.23. The minimum Gasteiger partial charge on any atom is -0.337 e. The van der Waals surface area contributed by atoms with Crippen molar-refractivity contribution in [2.24, 2.45) is 0 Å². The van der Waals surface area contributed by atoms with Crippen molar-refractivity contribution < 1.29 is 9.18 Å². The zero-order chi connectivity index (χ0) is 15.5. The zero-order valence-corrected chi connectivity index (χ0v) is 13.3. The van der Waals surface area contributed by atoms with Gasteiger partial charge < -0.3 is 9.80 Å². The molecule has 1 aliphatic rings. The van der Waals surface area contributed by atoms with Gasteiger partial charge in [-0.15, -0.1) is 0 Å². The number of carbonyl (C=O) groups excluding carboxylic acids is 1. The molecular formula is C15H14BrFN4O. The first kappa shape index (κ1) is 14.9. The number of aromatic nitrogens is 2. The van der Waals surface area contributed by atoms with Crippen LogP contribution in [0.4, 0.5) is 10.3 Å². The van der Waals surface area contributed by atoms with Crippen molar-refractivity contribution in [2.45, 2.75) is 0 Å². The molecule has 1 aromatic heterocycles. The maximum Gasteiger partial charge on any atom is 0.254 e. The molecule has 0 unspecified atom stereocenters. The van der Waals surface area contributed by atoms with E-state index < -0.39 is 5.82 Å². The third kappa shape index (κ3) is 3.24. The number of halogens is 2. The summed E-state index contributed by atoms with van der Waals surface area (Å²) in [5.74, 6) is 0.0889. The maximum atomic E-state index is 13.4. The molecule has 1 saturated heterocycles. The van der Waals surface area contributed by atoms with E-state index in [4.69, 9.17) is 0 Å².